The minimum absolute atomic E-state index is 0. The molecule has 1 heterocycles. The van der Waals surface area contributed by atoms with Crippen LogP contribution in [0.25, 0.3) is 0 Å². The number of para-hydroxylation sites is 1. The van der Waals surface area contributed by atoms with Gasteiger partial charge in [-0.25, -0.2) is 0 Å². The van der Waals surface area contributed by atoms with E-state index in [0.717, 1.165) is 25.3 Å². The first-order valence-corrected chi connectivity index (χ1v) is 8.41. The number of carbonyl (C=O) groups excluding carboxylic acids is 1. The molecule has 25 heavy (non-hydrogen) atoms. The van der Waals surface area contributed by atoms with Crippen LogP contribution >= 0.6 is 0 Å². The molecule has 5 heteroatoms. The molecular formula is C20H23N2NaO2. The second-order valence-corrected chi connectivity index (χ2v) is 6.62. The van der Waals surface area contributed by atoms with Crippen molar-refractivity contribution < 1.29 is 39.5 Å². The normalized spacial score (nSPS) is 23.5. The summed E-state index contributed by atoms with van der Waals surface area (Å²) in [4.78, 5) is 14.3. The number of carboxylic acids is 1. The quantitative estimate of drug-likeness (QED) is 0.716. The largest absolute Gasteiger partial charge is 1.00 e. The van der Waals surface area contributed by atoms with Crippen LogP contribution in [0, 0.1) is 5.92 Å². The summed E-state index contributed by atoms with van der Waals surface area (Å²) >= 11 is 0. The number of carbonyl (C=O) groups is 1. The van der Waals surface area contributed by atoms with Gasteiger partial charge < -0.3 is 15.2 Å². The fraction of sp³-hybridized carbons (Fsp3) is 0.350. The Balaban J connectivity index is 0.00000225. The molecule has 0 aliphatic carbocycles. The van der Waals surface area contributed by atoms with Crippen molar-refractivity contribution >= 4 is 11.7 Å². The van der Waals surface area contributed by atoms with Crippen molar-refractivity contribution in [1.82, 2.24) is 4.90 Å². The molecule has 2 atom stereocenters. The third kappa shape index (κ3) is 4.64. The maximum Gasteiger partial charge on any atom is 1.00 e. The van der Waals surface area contributed by atoms with Crippen molar-refractivity contribution in [1.29, 1.82) is 0 Å². The Hall–Kier alpha value is -1.33. The number of rotatable bonds is 5. The van der Waals surface area contributed by atoms with Crippen molar-refractivity contribution in [3.05, 3.63) is 66.2 Å². The molecule has 2 aromatic rings. The van der Waals surface area contributed by atoms with E-state index < -0.39 is 11.5 Å². The summed E-state index contributed by atoms with van der Waals surface area (Å²) in [7, 11) is 0. The number of piperidine rings is 1. The zero-order valence-electron chi connectivity index (χ0n) is 14.9. The maximum absolute atomic E-state index is 12.0. The molecule has 126 valence electrons. The predicted octanol–water partition coefficient (Wildman–Crippen LogP) is -0.867. The van der Waals surface area contributed by atoms with E-state index in [4.69, 9.17) is 0 Å². The molecule has 0 amide bonds. The van der Waals surface area contributed by atoms with E-state index >= 15 is 0 Å². The van der Waals surface area contributed by atoms with Crippen LogP contribution in [0.2, 0.25) is 0 Å². The summed E-state index contributed by atoms with van der Waals surface area (Å²) in [5.41, 5.74) is 1.06. The maximum atomic E-state index is 12.0. The van der Waals surface area contributed by atoms with E-state index in [9.17, 15) is 9.90 Å². The van der Waals surface area contributed by atoms with Crippen LogP contribution in [0.3, 0.4) is 0 Å². The number of anilines is 1. The van der Waals surface area contributed by atoms with E-state index in [1.807, 2.05) is 55.5 Å². The number of hydrogen-bond acceptors (Lipinski definition) is 4. The van der Waals surface area contributed by atoms with Crippen molar-refractivity contribution in [2.45, 2.75) is 25.4 Å². The van der Waals surface area contributed by atoms with Gasteiger partial charge in [0, 0.05) is 25.3 Å². The number of aliphatic carboxylic acids is 1. The number of likely N-dealkylation sites (tertiary alicyclic amines) is 1. The van der Waals surface area contributed by atoms with Crippen molar-refractivity contribution in [2.75, 3.05) is 18.4 Å². The molecule has 1 N–H and O–H groups in total. The molecule has 4 nitrogen and oxygen atoms in total. The fourth-order valence-corrected chi connectivity index (χ4v) is 3.52. The monoisotopic (exact) mass is 346 g/mol. The van der Waals surface area contributed by atoms with E-state index in [1.165, 1.54) is 5.56 Å². The van der Waals surface area contributed by atoms with Gasteiger partial charge in [-0.15, -0.1) is 0 Å². The smallest absolute Gasteiger partial charge is 0.548 e. The van der Waals surface area contributed by atoms with Crippen LogP contribution in [0.1, 0.15) is 18.9 Å². The summed E-state index contributed by atoms with van der Waals surface area (Å²) in [5.74, 6) is -1.07. The summed E-state index contributed by atoms with van der Waals surface area (Å²) < 4.78 is 0. The average molecular weight is 346 g/mol. The molecule has 0 spiro atoms. The van der Waals surface area contributed by atoms with Crippen LogP contribution in [0.4, 0.5) is 5.69 Å². The van der Waals surface area contributed by atoms with Gasteiger partial charge in [0.2, 0.25) is 0 Å². The molecule has 1 saturated heterocycles. The Kier molecular flexibility index (Phi) is 7.08. The van der Waals surface area contributed by atoms with Gasteiger partial charge in [0.25, 0.3) is 0 Å². The molecule has 0 saturated carbocycles. The molecule has 2 unspecified atom stereocenters. The first-order chi connectivity index (χ1) is 11.6. The summed E-state index contributed by atoms with van der Waals surface area (Å²) in [5, 5.41) is 15.2. The molecule has 1 aliphatic heterocycles. The van der Waals surface area contributed by atoms with Gasteiger partial charge in [-0.05, 0) is 30.0 Å². The standard InChI is InChI=1S/C20H24N2O2.Na/c1-16-14-22(15-17-8-4-2-5-9-17)13-12-20(16,19(23)24)21-18-10-6-3-7-11-18;/h2-11,16,21H,12-15H2,1H3,(H,23,24);/q;+1/p-1. The van der Waals surface area contributed by atoms with Crippen molar-refractivity contribution in [3.8, 4) is 0 Å². The Morgan fingerprint density at radius 3 is 2.32 bits per heavy atom. The zero-order valence-corrected chi connectivity index (χ0v) is 16.9. The van der Waals surface area contributed by atoms with Crippen LogP contribution in [-0.2, 0) is 11.3 Å². The Morgan fingerprint density at radius 2 is 1.76 bits per heavy atom. The zero-order chi connectivity index (χ0) is 17.0. The Labute approximate surface area is 171 Å². The van der Waals surface area contributed by atoms with E-state index in [-0.39, 0.29) is 35.5 Å². The number of hydrogen-bond donors (Lipinski definition) is 1. The Bertz CT molecular complexity index is 681. The third-order valence-electron chi connectivity index (χ3n) is 4.95. The molecule has 0 bridgehead atoms. The summed E-state index contributed by atoms with van der Waals surface area (Å²) in [6.45, 7) is 4.29. The van der Waals surface area contributed by atoms with Crippen LogP contribution in [-0.4, -0.2) is 29.5 Å². The van der Waals surface area contributed by atoms with Crippen LogP contribution in [0.15, 0.2) is 60.7 Å². The minimum atomic E-state index is -1.02. The minimum Gasteiger partial charge on any atom is -0.548 e. The topological polar surface area (TPSA) is 55.4 Å². The van der Waals surface area contributed by atoms with Crippen LogP contribution < -0.4 is 40.0 Å². The average Bonchev–Trinajstić information content (AvgIpc) is 2.59. The van der Waals surface area contributed by atoms with Gasteiger partial charge in [-0.1, -0.05) is 55.5 Å². The van der Waals surface area contributed by atoms with Crippen LogP contribution in [0.5, 0.6) is 0 Å². The SMILES string of the molecule is CC1CN(Cc2ccccc2)CCC1(Nc1ccccc1)C(=O)[O-].[Na+]. The van der Waals surface area contributed by atoms with E-state index in [0.29, 0.717) is 6.42 Å². The molecular weight excluding hydrogens is 323 g/mol. The second-order valence-electron chi connectivity index (χ2n) is 6.62. The van der Waals surface area contributed by atoms with Gasteiger partial charge >= 0.3 is 29.6 Å². The number of nitrogens with zero attached hydrogens (tertiary/aromatic N) is 1. The molecule has 0 radical (unpaired) electrons. The molecule has 3 rings (SSSR count). The predicted molar refractivity (Wildman–Crippen MR) is 93.3 cm³/mol. The van der Waals surface area contributed by atoms with E-state index in [2.05, 4.69) is 22.3 Å². The summed E-state index contributed by atoms with van der Waals surface area (Å²) in [6.07, 6.45) is 0.526. The third-order valence-corrected chi connectivity index (χ3v) is 4.95. The van der Waals surface area contributed by atoms with Gasteiger partial charge in [-0.3, -0.25) is 4.90 Å². The fourth-order valence-electron chi connectivity index (χ4n) is 3.52. The van der Waals surface area contributed by atoms with Gasteiger partial charge in [0.05, 0.1) is 11.5 Å². The molecule has 2 aromatic carbocycles. The van der Waals surface area contributed by atoms with Crippen molar-refractivity contribution in [3.63, 3.8) is 0 Å². The summed E-state index contributed by atoms with van der Waals surface area (Å²) in [6, 6.07) is 19.8. The second kappa shape index (κ2) is 8.86. The number of nitrogens with one attached hydrogen (secondary N) is 1. The number of carboxylic acid groups (broad SMARTS) is 1. The van der Waals surface area contributed by atoms with Gasteiger partial charge in [0.1, 0.15) is 0 Å². The van der Waals surface area contributed by atoms with Crippen molar-refractivity contribution in [2.24, 2.45) is 5.92 Å². The first-order valence-electron chi connectivity index (χ1n) is 8.41. The molecule has 0 aromatic heterocycles. The molecule has 1 fully saturated rings. The number of benzene rings is 2. The first kappa shape index (κ1) is 20.0. The van der Waals surface area contributed by atoms with E-state index in [1.54, 1.807) is 0 Å². The van der Waals surface area contributed by atoms with Gasteiger partial charge in [0.15, 0.2) is 0 Å². The molecule has 1 aliphatic rings. The Morgan fingerprint density at radius 1 is 1.16 bits per heavy atom. The van der Waals surface area contributed by atoms with Gasteiger partial charge in [-0.2, -0.15) is 0 Å².